The van der Waals surface area contributed by atoms with Crippen LogP contribution in [0, 0.1) is 6.92 Å². The monoisotopic (exact) mass is 336 g/mol. The molecule has 2 N–H and O–H groups in total. The number of anilines is 1. The molecule has 0 aliphatic rings. The van der Waals surface area contributed by atoms with Gasteiger partial charge in [-0.25, -0.2) is 0 Å². The number of carbonyl (C=O) groups excluding carboxylic acids is 2. The van der Waals surface area contributed by atoms with Crippen molar-refractivity contribution in [3.8, 4) is 0 Å². The topological polar surface area (TPSA) is 58.2 Å². The number of nitrogens with one attached hydrogen (secondary N) is 2. The first-order chi connectivity index (χ1) is 11.7. The number of aryl methyl sites for hydroxylation is 1. The average Bonchev–Trinajstić information content (AvgIpc) is 2.53. The normalized spacial score (nSPS) is 11.4. The number of para-hydroxylation sites is 1. The Morgan fingerprint density at radius 3 is 2.24 bits per heavy atom. The van der Waals surface area contributed by atoms with E-state index in [0.717, 1.165) is 5.56 Å². The van der Waals surface area contributed by atoms with E-state index in [1.807, 2.05) is 52.0 Å². The number of hydrogen-bond donors (Lipinski definition) is 2. The molecular weight excluding hydrogens is 312 g/mol. The third-order valence-corrected chi connectivity index (χ3v) is 3.42. The van der Waals surface area contributed by atoms with E-state index in [2.05, 4.69) is 10.6 Å². The summed E-state index contributed by atoms with van der Waals surface area (Å²) in [4.78, 5) is 24.6. The smallest absolute Gasteiger partial charge is 0.253 e. The van der Waals surface area contributed by atoms with Crippen LogP contribution in [-0.2, 0) is 4.79 Å². The fraction of sp³-hybridized carbons (Fsp3) is 0.238. The third kappa shape index (κ3) is 5.92. The lowest BCUT2D eigenvalue weighted by atomic mass is 10.1. The first-order valence-electron chi connectivity index (χ1n) is 8.22. The molecule has 0 saturated heterocycles. The predicted molar refractivity (Wildman–Crippen MR) is 103 cm³/mol. The second-order valence-electron chi connectivity index (χ2n) is 6.98. The minimum atomic E-state index is -0.348. The molecule has 4 heteroatoms. The van der Waals surface area contributed by atoms with Crippen molar-refractivity contribution in [3.63, 3.8) is 0 Å². The average molecular weight is 336 g/mol. The summed E-state index contributed by atoms with van der Waals surface area (Å²) in [6.07, 6.45) is 3.20. The molecule has 130 valence electrons. The van der Waals surface area contributed by atoms with Gasteiger partial charge in [0.2, 0.25) is 5.91 Å². The molecule has 0 unspecified atom stereocenters. The molecular formula is C21H24N2O2. The number of rotatable bonds is 4. The van der Waals surface area contributed by atoms with Crippen LogP contribution < -0.4 is 10.6 Å². The summed E-state index contributed by atoms with van der Waals surface area (Å²) in [6.45, 7) is 7.75. The molecule has 2 aromatic rings. The molecule has 0 bridgehead atoms. The van der Waals surface area contributed by atoms with Crippen molar-refractivity contribution in [2.45, 2.75) is 33.2 Å². The van der Waals surface area contributed by atoms with Gasteiger partial charge in [-0.15, -0.1) is 0 Å². The molecule has 0 spiro atoms. The van der Waals surface area contributed by atoms with E-state index in [9.17, 15) is 9.59 Å². The van der Waals surface area contributed by atoms with Crippen molar-refractivity contribution >= 4 is 23.6 Å². The number of benzene rings is 2. The molecule has 0 fully saturated rings. The van der Waals surface area contributed by atoms with E-state index in [0.29, 0.717) is 11.3 Å². The maximum Gasteiger partial charge on any atom is 0.253 e. The van der Waals surface area contributed by atoms with E-state index in [1.165, 1.54) is 11.6 Å². The van der Waals surface area contributed by atoms with Crippen molar-refractivity contribution in [1.82, 2.24) is 5.32 Å². The Hall–Kier alpha value is -2.88. The third-order valence-electron chi connectivity index (χ3n) is 3.42. The van der Waals surface area contributed by atoms with Gasteiger partial charge in [0.25, 0.3) is 5.91 Å². The Kier molecular flexibility index (Phi) is 5.75. The van der Waals surface area contributed by atoms with Gasteiger partial charge in [0.05, 0.1) is 11.3 Å². The predicted octanol–water partition coefficient (Wildman–Crippen LogP) is 4.18. The summed E-state index contributed by atoms with van der Waals surface area (Å²) >= 11 is 0. The summed E-state index contributed by atoms with van der Waals surface area (Å²) in [5.74, 6) is -0.498. The van der Waals surface area contributed by atoms with Crippen LogP contribution in [0.2, 0.25) is 0 Å². The van der Waals surface area contributed by atoms with Crippen LogP contribution in [0.5, 0.6) is 0 Å². The summed E-state index contributed by atoms with van der Waals surface area (Å²) in [5, 5.41) is 5.68. The molecule has 4 nitrogen and oxygen atoms in total. The second-order valence-corrected chi connectivity index (χ2v) is 6.98. The maximum absolute atomic E-state index is 12.4. The Morgan fingerprint density at radius 2 is 1.60 bits per heavy atom. The maximum atomic E-state index is 12.4. The molecule has 25 heavy (non-hydrogen) atoms. The Morgan fingerprint density at radius 1 is 0.960 bits per heavy atom. The van der Waals surface area contributed by atoms with Crippen molar-refractivity contribution in [3.05, 3.63) is 71.3 Å². The molecule has 2 aromatic carbocycles. The highest BCUT2D eigenvalue weighted by Gasteiger charge is 2.18. The molecule has 0 atom stereocenters. The second kappa shape index (κ2) is 7.79. The first kappa shape index (κ1) is 18.5. The van der Waals surface area contributed by atoms with Crippen molar-refractivity contribution in [1.29, 1.82) is 0 Å². The fourth-order valence-electron chi connectivity index (χ4n) is 2.22. The van der Waals surface area contributed by atoms with Crippen LogP contribution in [0.4, 0.5) is 5.69 Å². The number of carbonyl (C=O) groups is 2. The van der Waals surface area contributed by atoms with Crippen LogP contribution >= 0.6 is 0 Å². The van der Waals surface area contributed by atoms with Gasteiger partial charge >= 0.3 is 0 Å². The van der Waals surface area contributed by atoms with E-state index in [4.69, 9.17) is 0 Å². The SMILES string of the molecule is Cc1ccc(C=CC(=O)Nc2ccccc2C(=O)NC(C)(C)C)cc1. The zero-order valence-corrected chi connectivity index (χ0v) is 15.1. The van der Waals surface area contributed by atoms with E-state index in [-0.39, 0.29) is 17.4 Å². The minimum Gasteiger partial charge on any atom is -0.347 e. The molecule has 0 heterocycles. The standard InChI is InChI=1S/C21H24N2O2/c1-15-9-11-16(12-10-15)13-14-19(24)22-18-8-6-5-7-17(18)20(25)23-21(2,3)4/h5-14H,1-4H3,(H,22,24)(H,23,25). The van der Waals surface area contributed by atoms with E-state index < -0.39 is 0 Å². The lowest BCUT2D eigenvalue weighted by molar-refractivity contribution is -0.111. The summed E-state index contributed by atoms with van der Waals surface area (Å²) in [6, 6.07) is 14.8. The van der Waals surface area contributed by atoms with E-state index >= 15 is 0 Å². The number of hydrogen-bond acceptors (Lipinski definition) is 2. The zero-order chi connectivity index (χ0) is 18.4. The van der Waals surface area contributed by atoms with Crippen LogP contribution in [0.1, 0.15) is 42.3 Å². The van der Waals surface area contributed by atoms with Gasteiger partial charge in [0, 0.05) is 11.6 Å². The number of amides is 2. The molecule has 0 saturated carbocycles. The van der Waals surface area contributed by atoms with Gasteiger partial charge in [-0.1, -0.05) is 42.0 Å². The van der Waals surface area contributed by atoms with Crippen LogP contribution in [0.15, 0.2) is 54.6 Å². The summed E-state index contributed by atoms with van der Waals surface area (Å²) < 4.78 is 0. The molecule has 0 aliphatic heterocycles. The van der Waals surface area contributed by atoms with Gasteiger partial charge in [0.1, 0.15) is 0 Å². The summed E-state index contributed by atoms with van der Waals surface area (Å²) in [5.41, 5.74) is 2.69. The molecule has 0 radical (unpaired) electrons. The Bertz CT molecular complexity index is 784. The largest absolute Gasteiger partial charge is 0.347 e. The van der Waals surface area contributed by atoms with Gasteiger partial charge in [-0.05, 0) is 51.5 Å². The first-order valence-corrected chi connectivity index (χ1v) is 8.22. The van der Waals surface area contributed by atoms with Crippen molar-refractivity contribution < 1.29 is 9.59 Å². The minimum absolute atomic E-state index is 0.217. The zero-order valence-electron chi connectivity index (χ0n) is 15.1. The molecule has 0 aromatic heterocycles. The van der Waals surface area contributed by atoms with Gasteiger partial charge in [0.15, 0.2) is 0 Å². The lowest BCUT2D eigenvalue weighted by Crippen LogP contribution is -2.40. The van der Waals surface area contributed by atoms with E-state index in [1.54, 1.807) is 30.3 Å². The molecule has 2 rings (SSSR count). The highest BCUT2D eigenvalue weighted by atomic mass is 16.2. The van der Waals surface area contributed by atoms with Crippen molar-refractivity contribution in [2.75, 3.05) is 5.32 Å². The van der Waals surface area contributed by atoms with Crippen LogP contribution in [-0.4, -0.2) is 17.4 Å². The van der Waals surface area contributed by atoms with Gasteiger partial charge in [-0.2, -0.15) is 0 Å². The van der Waals surface area contributed by atoms with Crippen molar-refractivity contribution in [2.24, 2.45) is 0 Å². The van der Waals surface area contributed by atoms with Crippen LogP contribution in [0.25, 0.3) is 6.08 Å². The summed E-state index contributed by atoms with van der Waals surface area (Å²) in [7, 11) is 0. The van der Waals surface area contributed by atoms with Gasteiger partial charge < -0.3 is 10.6 Å². The fourth-order valence-corrected chi connectivity index (χ4v) is 2.22. The van der Waals surface area contributed by atoms with Crippen LogP contribution in [0.3, 0.4) is 0 Å². The Labute approximate surface area is 149 Å². The Balaban J connectivity index is 2.10. The molecule has 2 amide bonds. The lowest BCUT2D eigenvalue weighted by Gasteiger charge is -2.21. The van der Waals surface area contributed by atoms with Gasteiger partial charge in [-0.3, -0.25) is 9.59 Å². The highest BCUT2D eigenvalue weighted by molar-refractivity contribution is 6.07. The quantitative estimate of drug-likeness (QED) is 0.823. The highest BCUT2D eigenvalue weighted by Crippen LogP contribution is 2.16. The molecule has 0 aliphatic carbocycles.